The van der Waals surface area contributed by atoms with Crippen LogP contribution in [-0.2, 0) is 6.54 Å². The van der Waals surface area contributed by atoms with Gasteiger partial charge in [-0.25, -0.2) is 4.39 Å². The molecule has 1 rings (SSSR count). The Labute approximate surface area is 95.9 Å². The summed E-state index contributed by atoms with van der Waals surface area (Å²) in [5, 5.41) is 9.72. The van der Waals surface area contributed by atoms with Gasteiger partial charge in [-0.2, -0.15) is 0 Å². The van der Waals surface area contributed by atoms with E-state index in [0.29, 0.717) is 13.1 Å². The Balaban J connectivity index is 2.63. The summed E-state index contributed by atoms with van der Waals surface area (Å²) in [6.07, 6.45) is 2.84. The van der Waals surface area contributed by atoms with Gasteiger partial charge in [0, 0.05) is 19.3 Å². The van der Waals surface area contributed by atoms with Gasteiger partial charge in [0.25, 0.3) is 0 Å². The first-order chi connectivity index (χ1) is 7.40. The second-order valence-corrected chi connectivity index (χ2v) is 4.63. The second-order valence-electron chi connectivity index (χ2n) is 4.63. The van der Waals surface area contributed by atoms with Crippen LogP contribution >= 0.6 is 0 Å². The maximum atomic E-state index is 12.9. The summed E-state index contributed by atoms with van der Waals surface area (Å²) in [5.41, 5.74) is 0.0858. The Morgan fingerprint density at radius 2 is 2.12 bits per heavy atom. The number of likely N-dealkylation sites (N-methyl/N-ethyl adjacent to an activating group) is 1. The monoisotopic (exact) mass is 226 g/mol. The molecule has 0 fully saturated rings. The molecule has 0 amide bonds. The van der Waals surface area contributed by atoms with Crippen molar-refractivity contribution >= 4 is 0 Å². The van der Waals surface area contributed by atoms with Crippen LogP contribution in [-0.4, -0.2) is 33.7 Å². The number of aliphatic hydroxyl groups is 1. The van der Waals surface area contributed by atoms with Crippen molar-refractivity contribution in [3.8, 4) is 0 Å². The maximum Gasteiger partial charge on any atom is 0.141 e. The van der Waals surface area contributed by atoms with Crippen molar-refractivity contribution in [3.63, 3.8) is 0 Å². The van der Waals surface area contributed by atoms with Crippen molar-refractivity contribution in [1.82, 2.24) is 9.88 Å². The Kier molecular flexibility index (Phi) is 4.38. The molecule has 0 aliphatic heterocycles. The molecule has 0 radical (unpaired) electrons. The lowest BCUT2D eigenvalue weighted by molar-refractivity contribution is 0.0353. The fraction of sp³-hybridized carbons (Fsp3) is 0.583. The zero-order valence-electron chi connectivity index (χ0n) is 10.1. The molecule has 1 N–H and O–H groups in total. The zero-order chi connectivity index (χ0) is 12.2. The van der Waals surface area contributed by atoms with E-state index in [2.05, 4.69) is 9.88 Å². The first-order valence-electron chi connectivity index (χ1n) is 5.45. The van der Waals surface area contributed by atoms with Crippen molar-refractivity contribution in [2.45, 2.75) is 32.9 Å². The van der Waals surface area contributed by atoms with Gasteiger partial charge in [-0.05, 0) is 32.0 Å². The Morgan fingerprint density at radius 1 is 1.44 bits per heavy atom. The van der Waals surface area contributed by atoms with Crippen LogP contribution in [0.15, 0.2) is 18.5 Å². The van der Waals surface area contributed by atoms with Gasteiger partial charge in [0.05, 0.1) is 11.8 Å². The van der Waals surface area contributed by atoms with Crippen molar-refractivity contribution in [3.05, 3.63) is 29.8 Å². The van der Waals surface area contributed by atoms with Crippen LogP contribution in [0.5, 0.6) is 0 Å². The number of hydrogen-bond acceptors (Lipinski definition) is 3. The lowest BCUT2D eigenvalue weighted by Crippen LogP contribution is -2.38. The minimum absolute atomic E-state index is 0.322. The average Bonchev–Trinajstić information content (AvgIpc) is 2.14. The largest absolute Gasteiger partial charge is 0.389 e. The van der Waals surface area contributed by atoms with E-state index in [-0.39, 0.29) is 5.82 Å². The Bertz CT molecular complexity index is 336. The minimum Gasteiger partial charge on any atom is -0.389 e. The van der Waals surface area contributed by atoms with Crippen LogP contribution in [0.25, 0.3) is 0 Å². The lowest BCUT2D eigenvalue weighted by atomic mass is 10.1. The van der Waals surface area contributed by atoms with E-state index in [1.165, 1.54) is 12.3 Å². The van der Waals surface area contributed by atoms with Gasteiger partial charge in [-0.15, -0.1) is 0 Å². The molecule has 0 atom stereocenters. The zero-order valence-corrected chi connectivity index (χ0v) is 10.1. The third kappa shape index (κ3) is 4.68. The summed E-state index contributed by atoms with van der Waals surface area (Å²) in [6, 6.07) is 1.47. The number of nitrogens with zero attached hydrogens (tertiary/aromatic N) is 2. The highest BCUT2D eigenvalue weighted by Crippen LogP contribution is 2.10. The fourth-order valence-corrected chi connectivity index (χ4v) is 1.63. The minimum atomic E-state index is -0.739. The van der Waals surface area contributed by atoms with Gasteiger partial charge >= 0.3 is 0 Å². The molecule has 0 spiro atoms. The highest BCUT2D eigenvalue weighted by atomic mass is 19.1. The molecule has 1 heterocycles. The molecular weight excluding hydrogens is 207 g/mol. The fourth-order valence-electron chi connectivity index (χ4n) is 1.63. The van der Waals surface area contributed by atoms with E-state index < -0.39 is 5.60 Å². The van der Waals surface area contributed by atoms with Crippen LogP contribution in [0.2, 0.25) is 0 Å². The van der Waals surface area contributed by atoms with Gasteiger partial charge < -0.3 is 5.11 Å². The van der Waals surface area contributed by atoms with Crippen LogP contribution in [0.1, 0.15) is 26.3 Å². The number of rotatable bonds is 5. The molecule has 0 saturated heterocycles. The molecule has 3 nitrogen and oxygen atoms in total. The van der Waals surface area contributed by atoms with Crippen LogP contribution in [0.3, 0.4) is 0 Å². The summed E-state index contributed by atoms with van der Waals surface area (Å²) in [6.45, 7) is 7.50. The van der Waals surface area contributed by atoms with Crippen molar-refractivity contribution in [2.75, 3.05) is 13.1 Å². The molecule has 0 saturated carbocycles. The molecule has 0 aromatic carbocycles. The Morgan fingerprint density at radius 3 is 2.62 bits per heavy atom. The molecule has 16 heavy (non-hydrogen) atoms. The smallest absolute Gasteiger partial charge is 0.141 e. The molecule has 0 bridgehead atoms. The molecule has 0 aliphatic carbocycles. The van der Waals surface area contributed by atoms with E-state index in [1.807, 2.05) is 6.92 Å². The maximum absolute atomic E-state index is 12.9. The average molecular weight is 226 g/mol. The first-order valence-corrected chi connectivity index (χ1v) is 5.45. The third-order valence-corrected chi connectivity index (χ3v) is 2.23. The van der Waals surface area contributed by atoms with Gasteiger partial charge in [-0.3, -0.25) is 9.88 Å². The standard InChI is InChI=1S/C12H19FN2O/c1-4-15(9-12(2,3)16)8-10-5-11(13)7-14-6-10/h5-7,16H,4,8-9H2,1-3H3. The molecular formula is C12H19FN2O. The third-order valence-electron chi connectivity index (χ3n) is 2.23. The summed E-state index contributed by atoms with van der Waals surface area (Å²) >= 11 is 0. The van der Waals surface area contributed by atoms with Crippen LogP contribution in [0, 0.1) is 5.82 Å². The van der Waals surface area contributed by atoms with E-state index in [9.17, 15) is 9.50 Å². The molecule has 0 unspecified atom stereocenters. The quantitative estimate of drug-likeness (QED) is 0.832. The highest BCUT2D eigenvalue weighted by Gasteiger charge is 2.17. The first kappa shape index (κ1) is 13.1. The lowest BCUT2D eigenvalue weighted by Gasteiger charge is -2.27. The number of pyridine rings is 1. The molecule has 1 aromatic heterocycles. The van der Waals surface area contributed by atoms with E-state index in [1.54, 1.807) is 20.0 Å². The number of hydrogen-bond donors (Lipinski definition) is 1. The predicted molar refractivity (Wildman–Crippen MR) is 61.4 cm³/mol. The van der Waals surface area contributed by atoms with E-state index in [0.717, 1.165) is 12.1 Å². The summed E-state index contributed by atoms with van der Waals surface area (Å²) < 4.78 is 12.9. The summed E-state index contributed by atoms with van der Waals surface area (Å²) in [7, 11) is 0. The highest BCUT2D eigenvalue weighted by molar-refractivity contribution is 5.10. The molecule has 1 aromatic rings. The van der Waals surface area contributed by atoms with Crippen molar-refractivity contribution in [1.29, 1.82) is 0 Å². The molecule has 4 heteroatoms. The topological polar surface area (TPSA) is 36.4 Å². The van der Waals surface area contributed by atoms with Gasteiger partial charge in [-0.1, -0.05) is 6.92 Å². The van der Waals surface area contributed by atoms with E-state index in [4.69, 9.17) is 0 Å². The summed E-state index contributed by atoms with van der Waals surface area (Å²) in [5.74, 6) is -0.322. The summed E-state index contributed by atoms with van der Waals surface area (Å²) in [4.78, 5) is 5.86. The second kappa shape index (κ2) is 5.37. The predicted octanol–water partition coefficient (Wildman–Crippen LogP) is 1.81. The van der Waals surface area contributed by atoms with Crippen LogP contribution in [0.4, 0.5) is 4.39 Å². The molecule has 90 valence electrons. The van der Waals surface area contributed by atoms with Gasteiger partial charge in [0.15, 0.2) is 0 Å². The molecule has 0 aliphatic rings. The van der Waals surface area contributed by atoms with Gasteiger partial charge in [0.2, 0.25) is 0 Å². The SMILES string of the molecule is CCN(Cc1cncc(F)c1)CC(C)(C)O. The Hall–Kier alpha value is -1.00. The van der Waals surface area contributed by atoms with Crippen molar-refractivity contribution in [2.24, 2.45) is 0 Å². The number of aromatic nitrogens is 1. The van der Waals surface area contributed by atoms with E-state index >= 15 is 0 Å². The number of halogens is 1. The van der Waals surface area contributed by atoms with Crippen LogP contribution < -0.4 is 0 Å². The van der Waals surface area contributed by atoms with Crippen molar-refractivity contribution < 1.29 is 9.50 Å². The van der Waals surface area contributed by atoms with Gasteiger partial charge in [0.1, 0.15) is 5.82 Å². The normalized spacial score (nSPS) is 12.1.